The highest BCUT2D eigenvalue weighted by Gasteiger charge is 2.10. The zero-order valence-corrected chi connectivity index (χ0v) is 15.7. The van der Waals surface area contributed by atoms with Gasteiger partial charge in [-0.05, 0) is 36.8 Å². The zero-order chi connectivity index (χ0) is 19.9. The van der Waals surface area contributed by atoms with E-state index in [-0.39, 0.29) is 5.69 Å². The van der Waals surface area contributed by atoms with Crippen LogP contribution in [0.5, 0.6) is 5.75 Å². The number of hydrogen-bond acceptors (Lipinski definition) is 5. The number of benzene rings is 2. The van der Waals surface area contributed by atoms with E-state index >= 15 is 0 Å². The molecule has 7 nitrogen and oxygen atoms in total. The van der Waals surface area contributed by atoms with Gasteiger partial charge in [-0.25, -0.2) is 10.2 Å². The Kier molecular flexibility index (Phi) is 6.18. The first-order chi connectivity index (χ1) is 13.6. The van der Waals surface area contributed by atoms with Gasteiger partial charge in [0.25, 0.3) is 5.91 Å². The van der Waals surface area contributed by atoms with Crippen LogP contribution < -0.4 is 15.9 Å². The fourth-order valence-corrected chi connectivity index (χ4v) is 2.68. The van der Waals surface area contributed by atoms with Gasteiger partial charge < -0.3 is 9.72 Å². The summed E-state index contributed by atoms with van der Waals surface area (Å²) in [6.45, 7) is 2.38. The summed E-state index contributed by atoms with van der Waals surface area (Å²) < 4.78 is 5.37. The summed E-state index contributed by atoms with van der Waals surface area (Å²) in [5.41, 5.74) is 3.62. The van der Waals surface area contributed by atoms with Crippen molar-refractivity contribution < 1.29 is 9.53 Å². The Morgan fingerprint density at radius 1 is 1.25 bits per heavy atom. The second-order valence-electron chi connectivity index (χ2n) is 5.67. The van der Waals surface area contributed by atoms with Crippen LogP contribution in [0.4, 0.5) is 0 Å². The largest absolute Gasteiger partial charge is 0.492 e. The molecule has 3 rings (SSSR count). The van der Waals surface area contributed by atoms with Crippen LogP contribution in [0.3, 0.4) is 0 Å². The van der Waals surface area contributed by atoms with Gasteiger partial charge in [-0.3, -0.25) is 4.79 Å². The lowest BCUT2D eigenvalue weighted by molar-refractivity contribution is 0.0949. The lowest BCUT2D eigenvalue weighted by Gasteiger charge is -2.05. The molecule has 0 aliphatic carbocycles. The van der Waals surface area contributed by atoms with Gasteiger partial charge in [-0.15, -0.1) is 0 Å². The number of H-pyrrole nitrogens is 1. The molecule has 2 N–H and O–H groups in total. The number of carbonyl (C=O) groups excluding carboxylic acids is 1. The molecule has 0 aliphatic rings. The molecule has 3 aromatic rings. The highest BCUT2D eigenvalue weighted by atomic mass is 35.5. The third-order valence-electron chi connectivity index (χ3n) is 3.69. The lowest BCUT2D eigenvalue weighted by Crippen LogP contribution is -2.24. The Balaban J connectivity index is 1.73. The number of aromatic nitrogens is 2. The maximum Gasteiger partial charge on any atom is 0.346 e. The molecule has 0 aliphatic heterocycles. The topological polar surface area (TPSA) is 96.4 Å². The van der Waals surface area contributed by atoms with Crippen molar-refractivity contribution >= 4 is 23.7 Å². The highest BCUT2D eigenvalue weighted by Crippen LogP contribution is 2.24. The number of rotatable bonds is 6. The molecule has 0 saturated heterocycles. The van der Waals surface area contributed by atoms with Gasteiger partial charge in [0.1, 0.15) is 11.4 Å². The van der Waals surface area contributed by atoms with Crippen molar-refractivity contribution in [2.45, 2.75) is 6.92 Å². The third-order valence-corrected chi connectivity index (χ3v) is 3.99. The molecule has 0 fully saturated rings. The minimum atomic E-state index is -0.617. The molecule has 0 bridgehead atoms. The molecule has 0 atom stereocenters. The second-order valence-corrected chi connectivity index (χ2v) is 6.08. The smallest absolute Gasteiger partial charge is 0.346 e. The van der Waals surface area contributed by atoms with E-state index in [1.807, 2.05) is 25.1 Å². The molecule has 1 heterocycles. The minimum absolute atomic E-state index is 0.0562. The average molecular weight is 397 g/mol. The summed E-state index contributed by atoms with van der Waals surface area (Å²) in [4.78, 5) is 30.4. The summed E-state index contributed by atoms with van der Waals surface area (Å²) in [6, 6.07) is 15.8. The third kappa shape index (κ3) is 4.83. The summed E-state index contributed by atoms with van der Waals surface area (Å²) in [6.07, 6.45) is 1.44. The van der Waals surface area contributed by atoms with Gasteiger partial charge >= 0.3 is 5.69 Å². The van der Waals surface area contributed by atoms with Gasteiger partial charge in [0.05, 0.1) is 23.5 Å². The number of aromatic amines is 1. The first kappa shape index (κ1) is 19.3. The molecule has 1 amide bonds. The summed E-state index contributed by atoms with van der Waals surface area (Å²) >= 11 is 6.12. The Bertz CT molecular complexity index is 1060. The normalized spacial score (nSPS) is 10.8. The zero-order valence-electron chi connectivity index (χ0n) is 15.0. The Labute approximate surface area is 166 Å². The van der Waals surface area contributed by atoms with Crippen molar-refractivity contribution in [1.29, 1.82) is 0 Å². The van der Waals surface area contributed by atoms with Gasteiger partial charge in [0.2, 0.25) is 0 Å². The average Bonchev–Trinajstić information content (AvgIpc) is 2.70. The number of carbonyl (C=O) groups is 1. The lowest BCUT2D eigenvalue weighted by atomic mass is 10.1. The number of halogens is 1. The van der Waals surface area contributed by atoms with E-state index < -0.39 is 11.6 Å². The number of nitrogens with zero attached hydrogens (tertiary/aromatic N) is 2. The number of ether oxygens (including phenoxy) is 1. The SMILES string of the molecule is CCOc1ccc(/C=N/NC(=O)c2cc(-c3ccccc3)nc(=O)[nH]2)cc1Cl. The quantitative estimate of drug-likeness (QED) is 0.493. The highest BCUT2D eigenvalue weighted by molar-refractivity contribution is 6.32. The molecule has 0 radical (unpaired) electrons. The molecule has 0 spiro atoms. The van der Waals surface area contributed by atoms with Crippen molar-refractivity contribution in [3.8, 4) is 17.0 Å². The summed E-state index contributed by atoms with van der Waals surface area (Å²) in [7, 11) is 0. The number of hydrogen-bond donors (Lipinski definition) is 2. The molecular weight excluding hydrogens is 380 g/mol. The fraction of sp³-hybridized carbons (Fsp3) is 0.100. The van der Waals surface area contributed by atoms with E-state index in [1.54, 1.807) is 30.3 Å². The molecule has 8 heteroatoms. The van der Waals surface area contributed by atoms with E-state index in [4.69, 9.17) is 16.3 Å². The Morgan fingerprint density at radius 3 is 2.75 bits per heavy atom. The predicted molar refractivity (Wildman–Crippen MR) is 108 cm³/mol. The first-order valence-corrected chi connectivity index (χ1v) is 8.87. The molecule has 0 saturated carbocycles. The second kappa shape index (κ2) is 8.96. The van der Waals surface area contributed by atoms with Crippen LogP contribution in [-0.2, 0) is 0 Å². The monoisotopic (exact) mass is 396 g/mol. The maximum atomic E-state index is 12.3. The van der Waals surface area contributed by atoms with E-state index in [2.05, 4.69) is 20.5 Å². The minimum Gasteiger partial charge on any atom is -0.492 e. The van der Waals surface area contributed by atoms with Crippen molar-refractivity contribution in [3.63, 3.8) is 0 Å². The van der Waals surface area contributed by atoms with Crippen LogP contribution in [0.1, 0.15) is 23.0 Å². The van der Waals surface area contributed by atoms with Crippen LogP contribution >= 0.6 is 11.6 Å². The molecule has 142 valence electrons. The van der Waals surface area contributed by atoms with E-state index in [0.717, 1.165) is 5.56 Å². The van der Waals surface area contributed by atoms with Crippen LogP contribution in [0, 0.1) is 0 Å². The Morgan fingerprint density at radius 2 is 2.04 bits per heavy atom. The van der Waals surface area contributed by atoms with Gasteiger partial charge in [0, 0.05) is 5.56 Å². The predicted octanol–water partition coefficient (Wildman–Crippen LogP) is 3.25. The first-order valence-electron chi connectivity index (χ1n) is 8.49. The molecule has 2 aromatic carbocycles. The summed E-state index contributed by atoms with van der Waals surface area (Å²) in [5, 5.41) is 4.35. The molecular formula is C20H17ClN4O3. The van der Waals surface area contributed by atoms with Crippen LogP contribution in [0.2, 0.25) is 5.02 Å². The molecule has 1 aromatic heterocycles. The van der Waals surface area contributed by atoms with Crippen LogP contribution in [0.15, 0.2) is 64.5 Å². The van der Waals surface area contributed by atoms with Gasteiger partial charge in [-0.1, -0.05) is 41.9 Å². The van der Waals surface area contributed by atoms with Crippen molar-refractivity contribution in [3.05, 3.63) is 81.4 Å². The van der Waals surface area contributed by atoms with Crippen molar-refractivity contribution in [2.24, 2.45) is 5.10 Å². The summed E-state index contributed by atoms with van der Waals surface area (Å²) in [5.74, 6) is 0.0121. The Hall–Kier alpha value is -3.45. The number of amides is 1. The van der Waals surface area contributed by atoms with Gasteiger partial charge in [0.15, 0.2) is 0 Å². The van der Waals surface area contributed by atoms with Crippen molar-refractivity contribution in [2.75, 3.05) is 6.61 Å². The standard InChI is InChI=1S/C20H17ClN4O3/c1-2-28-18-9-8-13(10-15(18)21)12-22-25-19(26)17-11-16(23-20(27)24-17)14-6-4-3-5-7-14/h3-12H,2H2,1H3,(H,25,26)(H,23,24,27)/b22-12+. The van der Waals surface area contributed by atoms with Crippen molar-refractivity contribution in [1.82, 2.24) is 15.4 Å². The van der Waals surface area contributed by atoms with E-state index in [9.17, 15) is 9.59 Å². The van der Waals surface area contributed by atoms with Crippen LogP contribution in [-0.4, -0.2) is 28.7 Å². The fourth-order valence-electron chi connectivity index (χ4n) is 2.43. The maximum absolute atomic E-state index is 12.3. The molecule has 0 unspecified atom stereocenters. The van der Waals surface area contributed by atoms with Gasteiger partial charge in [-0.2, -0.15) is 10.1 Å². The number of hydrazone groups is 1. The van der Waals surface area contributed by atoms with E-state index in [1.165, 1.54) is 12.3 Å². The molecule has 28 heavy (non-hydrogen) atoms. The van der Waals surface area contributed by atoms with Crippen LogP contribution in [0.25, 0.3) is 11.3 Å². The number of nitrogens with one attached hydrogen (secondary N) is 2. The van der Waals surface area contributed by atoms with E-state index in [0.29, 0.717) is 28.6 Å².